The fourth-order valence-electron chi connectivity index (χ4n) is 2.09. The number of ether oxygens (including phenoxy) is 2. The number of esters is 2. The largest absolute Gasteiger partial charge is 0.452 e. The van der Waals surface area contributed by atoms with Crippen molar-refractivity contribution in [1.29, 1.82) is 0 Å². The maximum absolute atomic E-state index is 12.0. The molecule has 0 aromatic rings. The highest BCUT2D eigenvalue weighted by molar-refractivity contribution is 5.89. The van der Waals surface area contributed by atoms with Crippen LogP contribution in [0, 0.1) is 0 Å². The van der Waals surface area contributed by atoms with Crippen LogP contribution in [0.4, 0.5) is 0 Å². The summed E-state index contributed by atoms with van der Waals surface area (Å²) < 4.78 is 10.5. The topological polar surface area (TPSA) is 52.6 Å². The summed E-state index contributed by atoms with van der Waals surface area (Å²) in [5.41, 5.74) is -0.338. The van der Waals surface area contributed by atoms with Gasteiger partial charge in [-0.1, -0.05) is 19.6 Å². The van der Waals surface area contributed by atoms with Crippen molar-refractivity contribution in [2.24, 2.45) is 0 Å². The van der Waals surface area contributed by atoms with E-state index in [1.54, 1.807) is 6.08 Å². The summed E-state index contributed by atoms with van der Waals surface area (Å²) in [6, 6.07) is 0. The number of hydrogen-bond donors (Lipinski definition) is 0. The Morgan fingerprint density at radius 3 is 2.32 bits per heavy atom. The molecule has 0 spiro atoms. The molecule has 0 radical (unpaired) electrons. The third-order valence-corrected chi connectivity index (χ3v) is 3.34. The molecule has 4 heteroatoms. The molecule has 0 aliphatic heterocycles. The molecule has 0 heterocycles. The van der Waals surface area contributed by atoms with E-state index in [0.29, 0.717) is 0 Å². The Kier molecular flexibility index (Phi) is 5.33. The monoisotopic (exact) mass is 266 g/mol. The molecule has 106 valence electrons. The average Bonchev–Trinajstić information content (AvgIpc) is 2.39. The van der Waals surface area contributed by atoms with Gasteiger partial charge in [-0.05, 0) is 45.6 Å². The van der Waals surface area contributed by atoms with Crippen LogP contribution in [0.25, 0.3) is 0 Å². The van der Waals surface area contributed by atoms with Gasteiger partial charge in [-0.3, -0.25) is 0 Å². The highest BCUT2D eigenvalue weighted by Crippen LogP contribution is 2.33. The lowest BCUT2D eigenvalue weighted by atomic mass is 9.85. The van der Waals surface area contributed by atoms with Gasteiger partial charge in [0.1, 0.15) is 5.60 Å². The van der Waals surface area contributed by atoms with Gasteiger partial charge >= 0.3 is 11.9 Å². The van der Waals surface area contributed by atoms with E-state index < -0.39 is 23.6 Å². The first-order chi connectivity index (χ1) is 8.90. The van der Waals surface area contributed by atoms with Crippen LogP contribution >= 0.6 is 0 Å². The van der Waals surface area contributed by atoms with E-state index in [2.05, 4.69) is 13.2 Å². The Labute approximate surface area is 114 Å². The Bertz CT molecular complexity index is 378. The van der Waals surface area contributed by atoms with Crippen LogP contribution < -0.4 is 0 Å². The van der Waals surface area contributed by atoms with E-state index in [-0.39, 0.29) is 5.57 Å². The van der Waals surface area contributed by atoms with Gasteiger partial charge in [0.15, 0.2) is 6.10 Å². The second-order valence-electron chi connectivity index (χ2n) is 5.08. The van der Waals surface area contributed by atoms with Gasteiger partial charge in [0.2, 0.25) is 0 Å². The van der Waals surface area contributed by atoms with Gasteiger partial charge in [-0.15, -0.1) is 0 Å². The van der Waals surface area contributed by atoms with Gasteiger partial charge < -0.3 is 9.47 Å². The van der Waals surface area contributed by atoms with Crippen LogP contribution in [0.5, 0.6) is 0 Å². The van der Waals surface area contributed by atoms with Gasteiger partial charge in [0, 0.05) is 5.57 Å². The van der Waals surface area contributed by atoms with Gasteiger partial charge in [-0.2, -0.15) is 0 Å². The molecule has 0 aromatic heterocycles. The zero-order chi connectivity index (χ0) is 14.5. The van der Waals surface area contributed by atoms with E-state index in [1.165, 1.54) is 13.8 Å². The molecule has 1 unspecified atom stereocenters. The lowest BCUT2D eigenvalue weighted by molar-refractivity contribution is -0.174. The zero-order valence-electron chi connectivity index (χ0n) is 11.7. The molecule has 1 saturated carbocycles. The quantitative estimate of drug-likeness (QED) is 0.436. The normalized spacial score (nSPS) is 19.1. The van der Waals surface area contributed by atoms with Crippen molar-refractivity contribution < 1.29 is 19.1 Å². The molecule has 0 aromatic carbocycles. The second-order valence-corrected chi connectivity index (χ2v) is 5.08. The molecule has 0 bridgehead atoms. The Morgan fingerprint density at radius 1 is 1.26 bits per heavy atom. The summed E-state index contributed by atoms with van der Waals surface area (Å²) >= 11 is 0. The minimum Gasteiger partial charge on any atom is -0.452 e. The lowest BCUT2D eigenvalue weighted by Crippen LogP contribution is -2.39. The highest BCUT2D eigenvalue weighted by atomic mass is 16.6. The summed E-state index contributed by atoms with van der Waals surface area (Å²) in [5, 5.41) is 0. The molecule has 1 atom stereocenters. The van der Waals surface area contributed by atoms with E-state index >= 15 is 0 Å². The SMILES string of the molecule is C=CC1(OC(=O)C(C)OC(=O)C(=C)C)CCCCC1. The van der Waals surface area contributed by atoms with Gasteiger partial charge in [0.25, 0.3) is 0 Å². The van der Waals surface area contributed by atoms with E-state index in [9.17, 15) is 9.59 Å². The fraction of sp³-hybridized carbons (Fsp3) is 0.600. The molecule has 0 amide bonds. The van der Waals surface area contributed by atoms with Crippen LogP contribution in [0.3, 0.4) is 0 Å². The summed E-state index contributed by atoms with van der Waals surface area (Å²) in [4.78, 5) is 23.3. The summed E-state index contributed by atoms with van der Waals surface area (Å²) in [5.74, 6) is -1.11. The lowest BCUT2D eigenvalue weighted by Gasteiger charge is -2.34. The fourth-order valence-corrected chi connectivity index (χ4v) is 2.09. The summed E-state index contributed by atoms with van der Waals surface area (Å²) in [7, 11) is 0. The minimum absolute atomic E-state index is 0.260. The van der Waals surface area contributed by atoms with Crippen LogP contribution in [0.15, 0.2) is 24.8 Å². The first kappa shape index (κ1) is 15.5. The predicted octanol–water partition coefficient (Wildman–Crippen LogP) is 2.93. The number of carbonyl (C=O) groups excluding carboxylic acids is 2. The maximum atomic E-state index is 12.0. The number of hydrogen-bond acceptors (Lipinski definition) is 4. The van der Waals surface area contributed by atoms with Crippen LogP contribution in [-0.4, -0.2) is 23.6 Å². The molecule has 1 aliphatic rings. The molecule has 0 saturated heterocycles. The van der Waals surface area contributed by atoms with Crippen molar-refractivity contribution >= 4 is 11.9 Å². The van der Waals surface area contributed by atoms with Crippen molar-refractivity contribution in [2.75, 3.05) is 0 Å². The standard InChI is InChI=1S/C15H22O4/c1-5-15(9-7-6-8-10-15)19-14(17)12(4)18-13(16)11(2)3/h5,12H,1-2,6-10H2,3-4H3. The summed E-state index contributed by atoms with van der Waals surface area (Å²) in [6.45, 7) is 10.3. The zero-order valence-corrected chi connectivity index (χ0v) is 11.7. The van der Waals surface area contributed by atoms with Crippen LogP contribution in [-0.2, 0) is 19.1 Å². The number of carbonyl (C=O) groups is 2. The van der Waals surface area contributed by atoms with Crippen molar-refractivity contribution in [3.8, 4) is 0 Å². The maximum Gasteiger partial charge on any atom is 0.348 e. The molecule has 19 heavy (non-hydrogen) atoms. The summed E-state index contributed by atoms with van der Waals surface area (Å²) in [6.07, 6.45) is 5.50. The molecule has 1 fully saturated rings. The highest BCUT2D eigenvalue weighted by Gasteiger charge is 2.35. The molecule has 0 N–H and O–H groups in total. The van der Waals surface area contributed by atoms with Crippen molar-refractivity contribution in [3.05, 3.63) is 24.8 Å². The van der Waals surface area contributed by atoms with Gasteiger partial charge in [-0.25, -0.2) is 9.59 Å². The van der Waals surface area contributed by atoms with Gasteiger partial charge in [0.05, 0.1) is 0 Å². The Balaban J connectivity index is 2.59. The smallest absolute Gasteiger partial charge is 0.348 e. The Hall–Kier alpha value is -1.58. The minimum atomic E-state index is -0.928. The number of rotatable bonds is 5. The first-order valence-corrected chi connectivity index (χ1v) is 6.63. The molecular weight excluding hydrogens is 244 g/mol. The molecular formula is C15H22O4. The van der Waals surface area contributed by atoms with Crippen molar-refractivity contribution in [3.63, 3.8) is 0 Å². The van der Waals surface area contributed by atoms with Crippen LogP contribution in [0.1, 0.15) is 46.0 Å². The third kappa shape index (κ3) is 4.23. The predicted molar refractivity (Wildman–Crippen MR) is 72.5 cm³/mol. The average molecular weight is 266 g/mol. The van der Waals surface area contributed by atoms with Crippen molar-refractivity contribution in [1.82, 2.24) is 0 Å². The molecule has 1 rings (SSSR count). The third-order valence-electron chi connectivity index (χ3n) is 3.34. The van der Waals surface area contributed by atoms with E-state index in [1.807, 2.05) is 0 Å². The second kappa shape index (κ2) is 6.55. The Morgan fingerprint density at radius 2 is 1.84 bits per heavy atom. The van der Waals surface area contributed by atoms with Crippen LogP contribution in [0.2, 0.25) is 0 Å². The van der Waals surface area contributed by atoms with E-state index in [4.69, 9.17) is 9.47 Å². The first-order valence-electron chi connectivity index (χ1n) is 6.63. The molecule has 4 nitrogen and oxygen atoms in total. The van der Waals surface area contributed by atoms with Crippen molar-refractivity contribution in [2.45, 2.75) is 57.7 Å². The molecule has 1 aliphatic carbocycles. The van der Waals surface area contributed by atoms with E-state index in [0.717, 1.165) is 32.1 Å².